The highest BCUT2D eigenvalue weighted by Gasteiger charge is 2.12. The van der Waals surface area contributed by atoms with Gasteiger partial charge in [-0.1, -0.05) is 0 Å². The summed E-state index contributed by atoms with van der Waals surface area (Å²) in [6.45, 7) is 1.65. The Kier molecular flexibility index (Phi) is 5.59. The third-order valence-corrected chi connectivity index (χ3v) is 3.72. The lowest BCUT2D eigenvalue weighted by molar-refractivity contribution is -0.108. The Bertz CT molecular complexity index is 991. The molecule has 1 atom stereocenters. The van der Waals surface area contributed by atoms with E-state index in [2.05, 4.69) is 15.3 Å². The molecule has 28 heavy (non-hydrogen) atoms. The number of carbonyl (C=O) groups is 2. The van der Waals surface area contributed by atoms with Crippen molar-refractivity contribution in [2.45, 2.75) is 13.0 Å². The van der Waals surface area contributed by atoms with Gasteiger partial charge in [0.2, 0.25) is 0 Å². The van der Waals surface area contributed by atoms with Crippen LogP contribution in [0.2, 0.25) is 0 Å². The van der Waals surface area contributed by atoms with E-state index in [0.29, 0.717) is 29.2 Å². The lowest BCUT2D eigenvalue weighted by Crippen LogP contribution is -2.20. The molecular weight excluding hydrogens is 363 g/mol. The molecule has 2 aromatic carbocycles. The van der Waals surface area contributed by atoms with Gasteiger partial charge in [0, 0.05) is 11.6 Å². The van der Waals surface area contributed by atoms with E-state index in [4.69, 9.17) is 10.5 Å². The Morgan fingerprint density at radius 2 is 1.71 bits per heavy atom. The van der Waals surface area contributed by atoms with Crippen LogP contribution in [0.5, 0.6) is 11.5 Å². The first kappa shape index (κ1) is 19.0. The molecule has 1 amide bonds. The van der Waals surface area contributed by atoms with Gasteiger partial charge in [-0.05, 0) is 55.5 Å². The first-order valence-corrected chi connectivity index (χ1v) is 8.39. The Morgan fingerprint density at radius 3 is 2.29 bits per heavy atom. The first-order chi connectivity index (χ1) is 13.4. The van der Waals surface area contributed by atoms with E-state index in [-0.39, 0.29) is 17.3 Å². The molecule has 0 aliphatic heterocycles. The van der Waals surface area contributed by atoms with Gasteiger partial charge >= 0.3 is 0 Å². The molecule has 0 bridgehead atoms. The van der Waals surface area contributed by atoms with Crippen molar-refractivity contribution < 1.29 is 18.7 Å². The molecule has 0 saturated heterocycles. The molecular formula is C20H17FN4O3. The van der Waals surface area contributed by atoms with Gasteiger partial charge in [-0.2, -0.15) is 0 Å². The van der Waals surface area contributed by atoms with E-state index in [1.807, 2.05) is 0 Å². The minimum absolute atomic E-state index is 0.0252. The summed E-state index contributed by atoms with van der Waals surface area (Å²) in [6, 6.07) is 13.4. The monoisotopic (exact) mass is 380 g/mol. The number of primary amides is 1. The third kappa shape index (κ3) is 4.67. The standard InChI is InChI=1S/C20H17FN4O3/c1-12(11-26)23-18-10-17(19(22)27)24-20(25-18)13-2-6-15(7-3-13)28-16-8-4-14(21)5-9-16/h2-12H,1H3,(H2,22,27)(H,23,24,25). The van der Waals surface area contributed by atoms with Crippen LogP contribution in [-0.2, 0) is 4.79 Å². The van der Waals surface area contributed by atoms with Crippen molar-refractivity contribution in [3.8, 4) is 22.9 Å². The Balaban J connectivity index is 1.86. The highest BCUT2D eigenvalue weighted by atomic mass is 19.1. The van der Waals surface area contributed by atoms with Crippen molar-refractivity contribution >= 4 is 18.0 Å². The molecule has 0 aliphatic rings. The number of aldehydes is 1. The summed E-state index contributed by atoms with van der Waals surface area (Å²) >= 11 is 0. The van der Waals surface area contributed by atoms with Gasteiger partial charge in [0.1, 0.15) is 35.1 Å². The van der Waals surface area contributed by atoms with Gasteiger partial charge in [0.25, 0.3) is 5.91 Å². The number of hydrogen-bond donors (Lipinski definition) is 2. The Labute approximate surface area is 160 Å². The molecule has 3 aromatic rings. The van der Waals surface area contributed by atoms with Crippen molar-refractivity contribution in [1.82, 2.24) is 9.97 Å². The van der Waals surface area contributed by atoms with Gasteiger partial charge in [-0.15, -0.1) is 0 Å². The van der Waals surface area contributed by atoms with Crippen molar-refractivity contribution in [2.24, 2.45) is 5.73 Å². The topological polar surface area (TPSA) is 107 Å². The number of nitrogens with one attached hydrogen (secondary N) is 1. The quantitative estimate of drug-likeness (QED) is 0.610. The summed E-state index contributed by atoms with van der Waals surface area (Å²) in [6.07, 6.45) is 0.716. The second-order valence-corrected chi connectivity index (χ2v) is 5.98. The van der Waals surface area contributed by atoms with Gasteiger partial charge in [0.15, 0.2) is 5.82 Å². The maximum Gasteiger partial charge on any atom is 0.267 e. The molecule has 3 N–H and O–H groups in total. The number of carbonyl (C=O) groups excluding carboxylic acids is 2. The van der Waals surface area contributed by atoms with E-state index < -0.39 is 11.9 Å². The predicted molar refractivity (Wildman–Crippen MR) is 102 cm³/mol. The van der Waals surface area contributed by atoms with Crippen LogP contribution in [0.25, 0.3) is 11.4 Å². The molecule has 0 spiro atoms. The summed E-state index contributed by atoms with van der Waals surface area (Å²) in [5.74, 6) is 0.560. The molecule has 0 fully saturated rings. The molecule has 0 saturated carbocycles. The maximum atomic E-state index is 13.0. The molecule has 7 nitrogen and oxygen atoms in total. The zero-order chi connectivity index (χ0) is 20.1. The molecule has 1 unspecified atom stereocenters. The SMILES string of the molecule is CC(C=O)Nc1cc(C(N)=O)nc(-c2ccc(Oc3ccc(F)cc3)cc2)n1. The zero-order valence-electron chi connectivity index (χ0n) is 14.9. The predicted octanol–water partition coefficient (Wildman–Crippen LogP) is 3.17. The van der Waals surface area contributed by atoms with Crippen LogP contribution in [0.4, 0.5) is 10.2 Å². The molecule has 0 radical (unpaired) electrons. The third-order valence-electron chi connectivity index (χ3n) is 3.72. The van der Waals surface area contributed by atoms with Gasteiger partial charge < -0.3 is 20.6 Å². The average molecular weight is 380 g/mol. The highest BCUT2D eigenvalue weighted by molar-refractivity contribution is 5.92. The highest BCUT2D eigenvalue weighted by Crippen LogP contribution is 2.25. The average Bonchev–Trinajstić information content (AvgIpc) is 2.70. The largest absolute Gasteiger partial charge is 0.457 e. The normalized spacial score (nSPS) is 11.5. The van der Waals surface area contributed by atoms with Crippen LogP contribution in [0, 0.1) is 5.82 Å². The summed E-state index contributed by atoms with van der Waals surface area (Å²) in [5.41, 5.74) is 5.99. The van der Waals surface area contributed by atoms with Crippen LogP contribution in [0.3, 0.4) is 0 Å². The van der Waals surface area contributed by atoms with Crippen LogP contribution in [0.1, 0.15) is 17.4 Å². The summed E-state index contributed by atoms with van der Waals surface area (Å²) in [5, 5.41) is 2.86. The second-order valence-electron chi connectivity index (χ2n) is 5.98. The summed E-state index contributed by atoms with van der Waals surface area (Å²) in [7, 11) is 0. The minimum Gasteiger partial charge on any atom is -0.457 e. The van der Waals surface area contributed by atoms with E-state index in [0.717, 1.165) is 0 Å². The number of nitrogens with two attached hydrogens (primary N) is 1. The summed E-state index contributed by atoms with van der Waals surface area (Å²) in [4.78, 5) is 30.9. The number of nitrogens with zero attached hydrogens (tertiary/aromatic N) is 2. The van der Waals surface area contributed by atoms with Crippen LogP contribution < -0.4 is 15.8 Å². The molecule has 1 aromatic heterocycles. The molecule has 0 aliphatic carbocycles. The molecule has 3 rings (SSSR count). The van der Waals surface area contributed by atoms with E-state index in [9.17, 15) is 14.0 Å². The molecule has 8 heteroatoms. The number of aromatic nitrogens is 2. The Morgan fingerprint density at radius 1 is 1.11 bits per heavy atom. The lowest BCUT2D eigenvalue weighted by Gasteiger charge is -2.11. The maximum absolute atomic E-state index is 13.0. The number of halogens is 1. The smallest absolute Gasteiger partial charge is 0.267 e. The number of benzene rings is 2. The second kappa shape index (κ2) is 8.26. The fourth-order valence-electron chi connectivity index (χ4n) is 2.35. The molecule has 1 heterocycles. The van der Waals surface area contributed by atoms with Crippen LogP contribution in [0.15, 0.2) is 54.6 Å². The van der Waals surface area contributed by atoms with Crippen molar-refractivity contribution in [2.75, 3.05) is 5.32 Å². The van der Waals surface area contributed by atoms with Gasteiger partial charge in [0.05, 0.1) is 6.04 Å². The number of hydrogen-bond acceptors (Lipinski definition) is 6. The minimum atomic E-state index is -0.707. The number of rotatable bonds is 7. The summed E-state index contributed by atoms with van der Waals surface area (Å²) < 4.78 is 18.6. The lowest BCUT2D eigenvalue weighted by atomic mass is 10.2. The number of anilines is 1. The fourth-order valence-corrected chi connectivity index (χ4v) is 2.35. The fraction of sp³-hybridized carbons (Fsp3) is 0.100. The van der Waals surface area contributed by atoms with Crippen LogP contribution in [-0.4, -0.2) is 28.2 Å². The first-order valence-electron chi connectivity index (χ1n) is 8.39. The van der Waals surface area contributed by atoms with E-state index in [1.54, 1.807) is 31.2 Å². The zero-order valence-corrected chi connectivity index (χ0v) is 14.9. The number of ether oxygens (including phenoxy) is 1. The van der Waals surface area contributed by atoms with E-state index >= 15 is 0 Å². The molecule has 142 valence electrons. The van der Waals surface area contributed by atoms with E-state index in [1.165, 1.54) is 30.3 Å². The van der Waals surface area contributed by atoms with Crippen molar-refractivity contribution in [3.63, 3.8) is 0 Å². The van der Waals surface area contributed by atoms with Crippen LogP contribution >= 0.6 is 0 Å². The van der Waals surface area contributed by atoms with Gasteiger partial charge in [-0.25, -0.2) is 14.4 Å². The number of amides is 1. The van der Waals surface area contributed by atoms with Gasteiger partial charge in [-0.3, -0.25) is 4.79 Å². The Hall–Kier alpha value is -3.81. The van der Waals surface area contributed by atoms with Crippen molar-refractivity contribution in [1.29, 1.82) is 0 Å². The van der Waals surface area contributed by atoms with Crippen molar-refractivity contribution in [3.05, 3.63) is 66.1 Å².